The molecule has 80 heavy (non-hydrogen) atoms. The highest BCUT2D eigenvalue weighted by Gasteiger charge is 2.19. The van der Waals surface area contributed by atoms with Gasteiger partial charge in [0.05, 0.1) is 0 Å². The molecule has 0 aliphatic carbocycles. The van der Waals surface area contributed by atoms with Crippen LogP contribution in [0.4, 0.5) is 0 Å². The van der Waals surface area contributed by atoms with Crippen molar-refractivity contribution in [2.45, 2.75) is 380 Å². The molecule has 0 saturated heterocycles. The number of carbonyl (C=O) groups is 3. The van der Waals surface area contributed by atoms with Crippen molar-refractivity contribution in [3.63, 3.8) is 0 Å². The molecule has 0 spiro atoms. The van der Waals surface area contributed by atoms with Crippen LogP contribution in [0.25, 0.3) is 0 Å². The van der Waals surface area contributed by atoms with Crippen molar-refractivity contribution < 1.29 is 28.6 Å². The molecule has 466 valence electrons. The summed E-state index contributed by atoms with van der Waals surface area (Å²) in [6, 6.07) is 0. The molecule has 0 aliphatic heterocycles. The average molecular weight is 1120 g/mol. The Morgan fingerprint density at radius 2 is 0.450 bits per heavy atom. The van der Waals surface area contributed by atoms with E-state index in [1.165, 1.54) is 257 Å². The van der Waals surface area contributed by atoms with Crippen molar-refractivity contribution >= 4 is 17.9 Å². The zero-order valence-corrected chi connectivity index (χ0v) is 53.6. The van der Waals surface area contributed by atoms with Crippen LogP contribution >= 0.6 is 0 Å². The second kappa shape index (κ2) is 68.6. The Labute approximate surface area is 498 Å². The van der Waals surface area contributed by atoms with Gasteiger partial charge in [-0.25, -0.2) is 0 Å². The van der Waals surface area contributed by atoms with E-state index < -0.39 is 6.10 Å². The molecule has 0 radical (unpaired) electrons. The first-order valence-electron chi connectivity index (χ1n) is 35.3. The quantitative estimate of drug-likeness (QED) is 0.0261. The molecule has 0 aromatic heterocycles. The van der Waals surface area contributed by atoms with Crippen LogP contribution in [0, 0.1) is 0 Å². The molecule has 6 nitrogen and oxygen atoms in total. The van der Waals surface area contributed by atoms with Crippen LogP contribution in [0.2, 0.25) is 0 Å². The molecule has 0 fully saturated rings. The summed E-state index contributed by atoms with van der Waals surface area (Å²) < 4.78 is 17.0. The maximum Gasteiger partial charge on any atom is 0.306 e. The predicted octanol–water partition coefficient (Wildman–Crippen LogP) is 24.3. The smallest absolute Gasteiger partial charge is 0.306 e. The summed E-state index contributed by atoms with van der Waals surface area (Å²) >= 11 is 0. The van der Waals surface area contributed by atoms with Gasteiger partial charge in [0.15, 0.2) is 6.10 Å². The van der Waals surface area contributed by atoms with Gasteiger partial charge in [-0.1, -0.05) is 306 Å². The van der Waals surface area contributed by atoms with E-state index in [1.807, 2.05) is 0 Å². The summed E-state index contributed by atoms with van der Waals surface area (Å²) in [7, 11) is 0. The van der Waals surface area contributed by atoms with E-state index in [9.17, 15) is 14.4 Å². The SMILES string of the molecule is CCCCC/C=C\CCCCCCCC(=O)OCC(COC(=O)CCCCCCCCCCCCCCCCCC/C=C\C/C=C\C/C=C\CCCCCCC)OC(=O)CCCCCCCCCCC/C=C\CCCCCCCC. The maximum absolute atomic E-state index is 12.9. The fourth-order valence-electron chi connectivity index (χ4n) is 10.4. The highest BCUT2D eigenvalue weighted by Crippen LogP contribution is 2.18. The maximum atomic E-state index is 12.9. The third kappa shape index (κ3) is 65.9. The van der Waals surface area contributed by atoms with Gasteiger partial charge >= 0.3 is 17.9 Å². The Morgan fingerprint density at radius 3 is 0.738 bits per heavy atom. The number of ether oxygens (including phenoxy) is 3. The number of allylic oxidation sites excluding steroid dienone is 10. The number of hydrogen-bond acceptors (Lipinski definition) is 6. The van der Waals surface area contributed by atoms with Crippen molar-refractivity contribution in [3.8, 4) is 0 Å². The largest absolute Gasteiger partial charge is 0.462 e. The van der Waals surface area contributed by atoms with E-state index in [1.54, 1.807) is 0 Å². The van der Waals surface area contributed by atoms with Crippen LogP contribution in [-0.2, 0) is 28.6 Å². The molecule has 0 aromatic carbocycles. The first kappa shape index (κ1) is 77.1. The first-order chi connectivity index (χ1) is 39.5. The summed E-state index contributed by atoms with van der Waals surface area (Å²) in [6.45, 7) is 6.64. The molecule has 1 atom stereocenters. The fraction of sp³-hybridized carbons (Fsp3) is 0.824. The molecule has 0 aromatic rings. The molecule has 0 saturated carbocycles. The highest BCUT2D eigenvalue weighted by atomic mass is 16.6. The molecular weight excluding hydrogens is 985 g/mol. The number of rotatable bonds is 65. The lowest BCUT2D eigenvalue weighted by molar-refractivity contribution is -0.167. The Morgan fingerprint density at radius 1 is 0.250 bits per heavy atom. The lowest BCUT2D eigenvalue weighted by Gasteiger charge is -2.18. The van der Waals surface area contributed by atoms with Crippen LogP contribution in [0.1, 0.15) is 374 Å². The summed E-state index contributed by atoms with van der Waals surface area (Å²) in [5.41, 5.74) is 0. The Hall–Kier alpha value is -2.89. The molecule has 0 N–H and O–H groups in total. The summed E-state index contributed by atoms with van der Waals surface area (Å²) in [5.74, 6) is -0.865. The zero-order valence-electron chi connectivity index (χ0n) is 53.6. The van der Waals surface area contributed by atoms with Crippen LogP contribution < -0.4 is 0 Å². The minimum atomic E-state index is -0.778. The molecule has 0 heterocycles. The molecular formula is C74H134O6. The van der Waals surface area contributed by atoms with Gasteiger partial charge in [0.25, 0.3) is 0 Å². The van der Waals surface area contributed by atoms with Crippen molar-refractivity contribution in [1.82, 2.24) is 0 Å². The van der Waals surface area contributed by atoms with Crippen molar-refractivity contribution in [1.29, 1.82) is 0 Å². The molecule has 0 amide bonds. The summed E-state index contributed by atoms with van der Waals surface area (Å²) in [4.78, 5) is 38.4. The second-order valence-corrected chi connectivity index (χ2v) is 23.8. The zero-order chi connectivity index (χ0) is 57.8. The third-order valence-corrected chi connectivity index (χ3v) is 15.7. The lowest BCUT2D eigenvalue weighted by atomic mass is 10.0. The molecule has 0 bridgehead atoms. The van der Waals surface area contributed by atoms with E-state index in [4.69, 9.17) is 14.2 Å². The van der Waals surface area contributed by atoms with Gasteiger partial charge in [-0.2, -0.15) is 0 Å². The highest BCUT2D eigenvalue weighted by molar-refractivity contribution is 5.71. The Balaban J connectivity index is 4.17. The van der Waals surface area contributed by atoms with Gasteiger partial charge in [0, 0.05) is 19.3 Å². The van der Waals surface area contributed by atoms with Crippen LogP contribution in [-0.4, -0.2) is 37.2 Å². The average Bonchev–Trinajstić information content (AvgIpc) is 3.46. The molecule has 1 unspecified atom stereocenters. The first-order valence-corrected chi connectivity index (χ1v) is 35.3. The van der Waals surface area contributed by atoms with Crippen LogP contribution in [0.5, 0.6) is 0 Å². The molecule has 6 heteroatoms. The predicted molar refractivity (Wildman–Crippen MR) is 348 cm³/mol. The Bertz CT molecular complexity index is 1430. The van der Waals surface area contributed by atoms with Gasteiger partial charge < -0.3 is 14.2 Å². The monoisotopic (exact) mass is 1120 g/mol. The molecule has 0 aliphatic rings. The summed E-state index contributed by atoms with van der Waals surface area (Å²) in [5, 5.41) is 0. The number of unbranched alkanes of at least 4 members (excludes halogenated alkanes) is 44. The molecule has 0 rings (SSSR count). The van der Waals surface area contributed by atoms with Gasteiger partial charge in [0.1, 0.15) is 13.2 Å². The van der Waals surface area contributed by atoms with Crippen LogP contribution in [0.3, 0.4) is 0 Å². The number of esters is 3. The summed E-state index contributed by atoms with van der Waals surface area (Å²) in [6.07, 6.45) is 88.2. The van der Waals surface area contributed by atoms with E-state index in [0.29, 0.717) is 19.3 Å². The lowest BCUT2D eigenvalue weighted by Crippen LogP contribution is -2.30. The standard InChI is InChI=1S/C74H134O6/c1-4-7-10-13-16-19-22-25-27-29-31-32-33-34-35-36-37-38-39-40-41-42-44-45-47-49-52-55-58-61-64-67-73(76)79-70-71(69-78-72(75)66-63-60-57-54-51-24-21-18-15-12-9-6-3)80-74(77)68-65-62-59-56-53-50-48-46-43-30-28-26-23-20-17-14-11-8-5-2/h18,21-22,25-26,28-29,31,33-34,71H,4-17,19-20,23-24,27,30,32,35-70H2,1-3H3/b21-18-,25-22-,28-26-,31-29-,34-33-. The third-order valence-electron chi connectivity index (χ3n) is 15.7. The minimum Gasteiger partial charge on any atom is -0.462 e. The van der Waals surface area contributed by atoms with Crippen molar-refractivity contribution in [3.05, 3.63) is 60.8 Å². The van der Waals surface area contributed by atoms with Crippen LogP contribution in [0.15, 0.2) is 60.8 Å². The van der Waals surface area contributed by atoms with Gasteiger partial charge in [-0.05, 0) is 109 Å². The number of carbonyl (C=O) groups excluding carboxylic acids is 3. The normalized spacial score (nSPS) is 12.4. The van der Waals surface area contributed by atoms with E-state index in [-0.39, 0.29) is 31.1 Å². The van der Waals surface area contributed by atoms with E-state index >= 15 is 0 Å². The van der Waals surface area contributed by atoms with Gasteiger partial charge in [-0.3, -0.25) is 14.4 Å². The second-order valence-electron chi connectivity index (χ2n) is 23.8. The minimum absolute atomic E-state index is 0.0742. The van der Waals surface area contributed by atoms with Crippen molar-refractivity contribution in [2.75, 3.05) is 13.2 Å². The number of hydrogen-bond donors (Lipinski definition) is 0. The van der Waals surface area contributed by atoms with Gasteiger partial charge in [-0.15, -0.1) is 0 Å². The van der Waals surface area contributed by atoms with Gasteiger partial charge in [0.2, 0.25) is 0 Å². The fourth-order valence-corrected chi connectivity index (χ4v) is 10.4. The van der Waals surface area contributed by atoms with E-state index in [2.05, 4.69) is 81.5 Å². The van der Waals surface area contributed by atoms with E-state index in [0.717, 1.165) is 77.0 Å². The Kier molecular flexibility index (Phi) is 66.1. The van der Waals surface area contributed by atoms with Crippen molar-refractivity contribution in [2.24, 2.45) is 0 Å². The topological polar surface area (TPSA) is 78.9 Å².